The molecule has 1 N–H and O–H groups in total. The highest BCUT2D eigenvalue weighted by Crippen LogP contribution is 2.29. The molecule has 0 atom stereocenters. The maximum atomic E-state index is 13.0. The molecule has 0 bridgehead atoms. The molecular formula is C12H8BrFN2O4S. The zero-order valence-electron chi connectivity index (χ0n) is 10.3. The third-order valence-electron chi connectivity index (χ3n) is 2.53. The van der Waals surface area contributed by atoms with Crippen LogP contribution in [-0.2, 0) is 10.0 Å². The summed E-state index contributed by atoms with van der Waals surface area (Å²) in [6.45, 7) is 0. The maximum Gasteiger partial charge on any atom is 0.296 e. The molecule has 2 rings (SSSR count). The number of nitro groups is 1. The Morgan fingerprint density at radius 3 is 2.48 bits per heavy atom. The Morgan fingerprint density at radius 2 is 1.86 bits per heavy atom. The summed E-state index contributed by atoms with van der Waals surface area (Å²) in [4.78, 5) is 9.92. The number of anilines is 1. The highest BCUT2D eigenvalue weighted by molar-refractivity contribution is 9.10. The number of hydrogen-bond acceptors (Lipinski definition) is 4. The molecule has 0 aromatic heterocycles. The molecule has 0 saturated carbocycles. The van der Waals surface area contributed by atoms with E-state index in [2.05, 4.69) is 20.7 Å². The van der Waals surface area contributed by atoms with Gasteiger partial charge in [-0.15, -0.1) is 0 Å². The number of halogens is 2. The van der Waals surface area contributed by atoms with Crippen molar-refractivity contribution >= 4 is 37.3 Å². The van der Waals surface area contributed by atoms with Gasteiger partial charge in [-0.1, -0.05) is 12.1 Å². The van der Waals surface area contributed by atoms with Gasteiger partial charge < -0.3 is 0 Å². The molecule has 0 aliphatic rings. The van der Waals surface area contributed by atoms with Crippen molar-refractivity contribution < 1.29 is 17.7 Å². The van der Waals surface area contributed by atoms with Crippen LogP contribution in [-0.4, -0.2) is 13.3 Å². The van der Waals surface area contributed by atoms with E-state index in [1.165, 1.54) is 18.2 Å². The van der Waals surface area contributed by atoms with E-state index in [-0.39, 0.29) is 10.6 Å². The summed E-state index contributed by atoms with van der Waals surface area (Å²) in [5.41, 5.74) is -0.970. The number of rotatable bonds is 4. The fourth-order valence-electron chi connectivity index (χ4n) is 1.60. The first kappa shape index (κ1) is 15.4. The van der Waals surface area contributed by atoms with Crippen molar-refractivity contribution in [3.8, 4) is 0 Å². The minimum absolute atomic E-state index is 0.0800. The van der Waals surface area contributed by atoms with Gasteiger partial charge in [-0.2, -0.15) is 0 Å². The second-order valence-corrected chi connectivity index (χ2v) is 6.46. The van der Waals surface area contributed by atoms with Crippen molar-refractivity contribution in [2.24, 2.45) is 0 Å². The van der Waals surface area contributed by atoms with Crippen molar-refractivity contribution in [3.63, 3.8) is 0 Å². The van der Waals surface area contributed by atoms with Crippen LogP contribution in [0.4, 0.5) is 15.8 Å². The van der Waals surface area contributed by atoms with Crippen LogP contribution in [0.2, 0.25) is 0 Å². The lowest BCUT2D eigenvalue weighted by Crippen LogP contribution is -2.14. The summed E-state index contributed by atoms with van der Waals surface area (Å²) in [7, 11) is -4.04. The number of nitrogens with zero attached hydrogens (tertiary/aromatic N) is 1. The molecule has 0 amide bonds. The molecular weight excluding hydrogens is 367 g/mol. The first-order valence-corrected chi connectivity index (χ1v) is 7.80. The molecule has 0 spiro atoms. The Labute approximate surface area is 127 Å². The number of benzene rings is 2. The standard InChI is InChI=1S/C12H8BrFN2O4S/c13-9-3-1-2-4-12(9)21(19,20)15-10-6-5-8(14)7-11(10)16(17)18/h1-7,15H. The summed E-state index contributed by atoms with van der Waals surface area (Å²) < 4.78 is 39.9. The fraction of sp³-hybridized carbons (Fsp3) is 0. The van der Waals surface area contributed by atoms with Crippen LogP contribution in [0.5, 0.6) is 0 Å². The van der Waals surface area contributed by atoms with Gasteiger partial charge in [0.2, 0.25) is 0 Å². The predicted molar refractivity (Wildman–Crippen MR) is 78.0 cm³/mol. The van der Waals surface area contributed by atoms with E-state index in [0.29, 0.717) is 10.5 Å². The van der Waals surface area contributed by atoms with Crippen molar-refractivity contribution in [2.45, 2.75) is 4.90 Å². The van der Waals surface area contributed by atoms with E-state index < -0.39 is 26.5 Å². The molecule has 0 aliphatic carbocycles. The summed E-state index contributed by atoms with van der Waals surface area (Å²) in [5.74, 6) is -0.828. The van der Waals surface area contributed by atoms with Crippen LogP contribution >= 0.6 is 15.9 Å². The van der Waals surface area contributed by atoms with Crippen molar-refractivity contribution in [3.05, 3.63) is 62.9 Å². The summed E-state index contributed by atoms with van der Waals surface area (Å²) in [6.07, 6.45) is 0. The molecule has 2 aromatic rings. The number of nitrogens with one attached hydrogen (secondary N) is 1. The maximum absolute atomic E-state index is 13.0. The fourth-order valence-corrected chi connectivity index (χ4v) is 3.68. The Balaban J connectivity index is 2.47. The minimum atomic E-state index is -4.04. The van der Waals surface area contributed by atoms with Crippen LogP contribution < -0.4 is 4.72 Å². The van der Waals surface area contributed by atoms with Crippen molar-refractivity contribution in [2.75, 3.05) is 4.72 Å². The summed E-state index contributed by atoms with van der Waals surface area (Å²) >= 11 is 3.09. The van der Waals surface area contributed by atoms with Gasteiger partial charge in [-0.3, -0.25) is 14.8 Å². The topological polar surface area (TPSA) is 89.3 Å². The smallest absolute Gasteiger partial charge is 0.273 e. The van der Waals surface area contributed by atoms with E-state index in [9.17, 15) is 22.9 Å². The Kier molecular flexibility index (Phi) is 4.24. The molecule has 21 heavy (non-hydrogen) atoms. The molecule has 9 heteroatoms. The molecule has 0 aliphatic heterocycles. The highest BCUT2D eigenvalue weighted by Gasteiger charge is 2.22. The zero-order chi connectivity index (χ0) is 15.6. The minimum Gasteiger partial charge on any atom is -0.273 e. The monoisotopic (exact) mass is 374 g/mol. The molecule has 0 radical (unpaired) electrons. The van der Waals surface area contributed by atoms with E-state index in [4.69, 9.17) is 0 Å². The van der Waals surface area contributed by atoms with Crippen LogP contribution in [0, 0.1) is 15.9 Å². The van der Waals surface area contributed by atoms with Gasteiger partial charge >= 0.3 is 0 Å². The van der Waals surface area contributed by atoms with E-state index >= 15 is 0 Å². The predicted octanol–water partition coefficient (Wildman–Crippen LogP) is 3.30. The first-order valence-electron chi connectivity index (χ1n) is 5.52. The second kappa shape index (κ2) is 5.78. The molecule has 110 valence electrons. The molecule has 0 fully saturated rings. The molecule has 6 nitrogen and oxygen atoms in total. The van der Waals surface area contributed by atoms with Crippen LogP contribution in [0.25, 0.3) is 0 Å². The van der Waals surface area contributed by atoms with Gasteiger partial charge in [0.25, 0.3) is 15.7 Å². The van der Waals surface area contributed by atoms with E-state index in [1.54, 1.807) is 6.07 Å². The van der Waals surface area contributed by atoms with Gasteiger partial charge in [0, 0.05) is 4.47 Å². The Morgan fingerprint density at radius 1 is 1.19 bits per heavy atom. The van der Waals surface area contributed by atoms with Gasteiger partial charge in [0.05, 0.1) is 11.0 Å². The average molecular weight is 375 g/mol. The summed E-state index contributed by atoms with van der Waals surface area (Å²) in [5, 5.41) is 10.9. The van der Waals surface area contributed by atoms with Crippen LogP contribution in [0.3, 0.4) is 0 Å². The van der Waals surface area contributed by atoms with E-state index in [0.717, 1.165) is 12.1 Å². The molecule has 0 saturated heterocycles. The van der Waals surface area contributed by atoms with Gasteiger partial charge in [-0.05, 0) is 40.2 Å². The first-order chi connectivity index (χ1) is 9.81. The largest absolute Gasteiger partial charge is 0.296 e. The average Bonchev–Trinajstić information content (AvgIpc) is 2.40. The van der Waals surface area contributed by atoms with Gasteiger partial charge in [0.1, 0.15) is 16.4 Å². The van der Waals surface area contributed by atoms with Crippen LogP contribution in [0.1, 0.15) is 0 Å². The lowest BCUT2D eigenvalue weighted by molar-refractivity contribution is -0.384. The van der Waals surface area contributed by atoms with Crippen molar-refractivity contribution in [1.82, 2.24) is 0 Å². The lowest BCUT2D eigenvalue weighted by Gasteiger charge is -2.09. The SMILES string of the molecule is O=[N+]([O-])c1cc(F)ccc1NS(=O)(=O)c1ccccc1Br. The second-order valence-electron chi connectivity index (χ2n) is 3.95. The Hall–Kier alpha value is -2.00. The molecule has 0 unspecified atom stereocenters. The summed E-state index contributed by atoms with van der Waals surface area (Å²) in [6, 6.07) is 8.59. The van der Waals surface area contributed by atoms with E-state index in [1.807, 2.05) is 0 Å². The quantitative estimate of drug-likeness (QED) is 0.656. The van der Waals surface area contributed by atoms with Gasteiger partial charge in [-0.25, -0.2) is 12.8 Å². The molecule has 2 aromatic carbocycles. The zero-order valence-corrected chi connectivity index (χ0v) is 12.7. The number of sulfonamides is 1. The third-order valence-corrected chi connectivity index (χ3v) is 4.90. The lowest BCUT2D eigenvalue weighted by atomic mass is 10.3. The third kappa shape index (κ3) is 3.37. The highest BCUT2D eigenvalue weighted by atomic mass is 79.9. The van der Waals surface area contributed by atoms with Crippen molar-refractivity contribution in [1.29, 1.82) is 0 Å². The normalized spacial score (nSPS) is 11.1. The number of nitro benzene ring substituents is 1. The molecule has 0 heterocycles. The van der Waals surface area contributed by atoms with Gasteiger partial charge in [0.15, 0.2) is 0 Å². The van der Waals surface area contributed by atoms with Crippen LogP contribution in [0.15, 0.2) is 51.8 Å². The Bertz CT molecular complexity index is 811. The number of hydrogen-bond donors (Lipinski definition) is 1.